The second-order valence-corrected chi connectivity index (χ2v) is 5.85. The van der Waals surface area contributed by atoms with Gasteiger partial charge < -0.3 is 5.11 Å². The number of nitriles is 1. The molecule has 0 bridgehead atoms. The second kappa shape index (κ2) is 6.21. The van der Waals surface area contributed by atoms with Gasteiger partial charge >= 0.3 is 0 Å². The van der Waals surface area contributed by atoms with Gasteiger partial charge in [-0.1, -0.05) is 61.9 Å². The lowest BCUT2D eigenvalue weighted by molar-refractivity contribution is 0.0434. The molecule has 0 radical (unpaired) electrons. The lowest BCUT2D eigenvalue weighted by Crippen LogP contribution is -2.28. The van der Waals surface area contributed by atoms with Gasteiger partial charge in [-0.3, -0.25) is 0 Å². The van der Waals surface area contributed by atoms with Crippen molar-refractivity contribution in [2.45, 2.75) is 58.0 Å². The maximum absolute atomic E-state index is 10.7. The molecule has 0 saturated heterocycles. The Morgan fingerprint density at radius 3 is 2.11 bits per heavy atom. The fraction of sp³-hybridized carbons (Fsp3) is 0.588. The van der Waals surface area contributed by atoms with E-state index in [4.69, 9.17) is 0 Å². The first-order valence-corrected chi connectivity index (χ1v) is 7.34. The smallest absolute Gasteiger partial charge is 0.0976 e. The Bertz CT molecular complexity index is 435. The third-order valence-corrected chi connectivity index (χ3v) is 4.38. The summed E-state index contributed by atoms with van der Waals surface area (Å²) < 4.78 is 0. The van der Waals surface area contributed by atoms with Gasteiger partial charge in [0.1, 0.15) is 0 Å². The predicted octanol–water partition coefficient (Wildman–Crippen LogP) is 4.28. The number of hydrogen-bond donors (Lipinski definition) is 1. The van der Waals surface area contributed by atoms with E-state index in [2.05, 4.69) is 6.07 Å². The van der Waals surface area contributed by atoms with Gasteiger partial charge in [0.2, 0.25) is 0 Å². The van der Waals surface area contributed by atoms with E-state index >= 15 is 0 Å². The average molecular weight is 257 g/mol. The second-order valence-electron chi connectivity index (χ2n) is 5.85. The van der Waals surface area contributed by atoms with Crippen LogP contribution in [0.3, 0.4) is 0 Å². The van der Waals surface area contributed by atoms with Crippen LogP contribution in [0.15, 0.2) is 24.3 Å². The fourth-order valence-electron chi connectivity index (χ4n) is 3.05. The molecule has 102 valence electrons. The SMILES string of the molecule is Cc1ccc(C(O)C2(C#N)CCCCCCC2)cc1. The largest absolute Gasteiger partial charge is 0.387 e. The van der Waals surface area contributed by atoms with Gasteiger partial charge in [0.05, 0.1) is 17.6 Å². The molecule has 0 amide bonds. The molecule has 1 fully saturated rings. The van der Waals surface area contributed by atoms with Crippen molar-refractivity contribution in [2.24, 2.45) is 5.41 Å². The van der Waals surface area contributed by atoms with Crippen LogP contribution in [0.5, 0.6) is 0 Å². The lowest BCUT2D eigenvalue weighted by atomic mass is 9.71. The minimum Gasteiger partial charge on any atom is -0.387 e. The Labute approximate surface area is 116 Å². The van der Waals surface area contributed by atoms with Gasteiger partial charge in [-0.25, -0.2) is 0 Å². The molecule has 0 spiro atoms. The van der Waals surface area contributed by atoms with Crippen molar-refractivity contribution in [2.75, 3.05) is 0 Å². The Kier molecular flexibility index (Phi) is 4.61. The van der Waals surface area contributed by atoms with E-state index in [1.54, 1.807) is 0 Å². The summed E-state index contributed by atoms with van der Waals surface area (Å²) in [7, 11) is 0. The molecular formula is C17H23NO. The Balaban J connectivity index is 2.23. The standard InChI is InChI=1S/C17H23NO/c1-14-7-9-15(10-8-14)16(19)17(13-18)11-5-3-2-4-6-12-17/h7-10,16,19H,2-6,11-12H2,1H3. The highest BCUT2D eigenvalue weighted by molar-refractivity contribution is 5.26. The molecule has 1 aliphatic carbocycles. The van der Waals surface area contributed by atoms with Crippen LogP contribution >= 0.6 is 0 Å². The van der Waals surface area contributed by atoms with Crippen molar-refractivity contribution in [1.29, 1.82) is 5.26 Å². The number of aliphatic hydroxyl groups excluding tert-OH is 1. The van der Waals surface area contributed by atoms with Crippen molar-refractivity contribution in [3.63, 3.8) is 0 Å². The number of rotatable bonds is 2. The zero-order chi connectivity index (χ0) is 13.7. The fourth-order valence-corrected chi connectivity index (χ4v) is 3.05. The summed E-state index contributed by atoms with van der Waals surface area (Å²) in [5.41, 5.74) is 1.47. The van der Waals surface area contributed by atoms with Crippen molar-refractivity contribution < 1.29 is 5.11 Å². The lowest BCUT2D eigenvalue weighted by Gasteiger charge is -2.33. The van der Waals surface area contributed by atoms with Crippen molar-refractivity contribution >= 4 is 0 Å². The molecule has 0 aromatic heterocycles. The summed E-state index contributed by atoms with van der Waals surface area (Å²) in [5, 5.41) is 20.3. The molecule has 1 aromatic carbocycles. The molecule has 1 saturated carbocycles. The molecule has 2 rings (SSSR count). The van der Waals surface area contributed by atoms with Crippen LogP contribution in [-0.4, -0.2) is 5.11 Å². The van der Waals surface area contributed by atoms with Crippen LogP contribution in [0.1, 0.15) is 62.2 Å². The first-order chi connectivity index (χ1) is 9.18. The normalized spacial score (nSPS) is 20.9. The minimum atomic E-state index is -0.656. The zero-order valence-electron chi connectivity index (χ0n) is 11.7. The van der Waals surface area contributed by atoms with Crippen molar-refractivity contribution in [3.8, 4) is 6.07 Å². The summed E-state index contributed by atoms with van der Waals surface area (Å²) in [6.45, 7) is 2.03. The predicted molar refractivity (Wildman–Crippen MR) is 76.5 cm³/mol. The van der Waals surface area contributed by atoms with Crippen molar-refractivity contribution in [3.05, 3.63) is 35.4 Å². The Morgan fingerprint density at radius 1 is 1.05 bits per heavy atom. The van der Waals surface area contributed by atoms with Gasteiger partial charge in [0.15, 0.2) is 0 Å². The molecule has 0 aliphatic heterocycles. The molecule has 1 atom stereocenters. The van der Waals surface area contributed by atoms with Gasteiger partial charge in [-0.15, -0.1) is 0 Å². The van der Waals surface area contributed by atoms with E-state index in [-0.39, 0.29) is 0 Å². The van der Waals surface area contributed by atoms with Crippen LogP contribution < -0.4 is 0 Å². The number of nitrogens with zero attached hydrogens (tertiary/aromatic N) is 1. The molecular weight excluding hydrogens is 234 g/mol. The third kappa shape index (κ3) is 3.16. The van der Waals surface area contributed by atoms with Gasteiger partial charge in [-0.2, -0.15) is 5.26 Å². The molecule has 1 N–H and O–H groups in total. The molecule has 2 heteroatoms. The summed E-state index contributed by atoms with van der Waals surface area (Å²) in [6, 6.07) is 10.4. The van der Waals surface area contributed by atoms with Gasteiger partial charge in [-0.05, 0) is 25.3 Å². The first kappa shape index (κ1) is 14.1. The monoisotopic (exact) mass is 257 g/mol. The van der Waals surface area contributed by atoms with Crippen LogP contribution in [0.4, 0.5) is 0 Å². The van der Waals surface area contributed by atoms with Gasteiger partial charge in [0, 0.05) is 0 Å². The van der Waals surface area contributed by atoms with Crippen LogP contribution in [-0.2, 0) is 0 Å². The van der Waals surface area contributed by atoms with E-state index < -0.39 is 11.5 Å². The van der Waals surface area contributed by atoms with Crippen molar-refractivity contribution in [1.82, 2.24) is 0 Å². The van der Waals surface area contributed by atoms with E-state index in [1.807, 2.05) is 31.2 Å². The van der Waals surface area contributed by atoms with Crippen LogP contribution in [0.25, 0.3) is 0 Å². The maximum Gasteiger partial charge on any atom is 0.0976 e. The minimum absolute atomic E-state index is 0.588. The number of aliphatic hydroxyl groups is 1. The number of hydrogen-bond acceptors (Lipinski definition) is 2. The van der Waals surface area contributed by atoms with E-state index in [0.717, 1.165) is 31.2 Å². The highest BCUT2D eigenvalue weighted by Gasteiger charge is 2.38. The first-order valence-electron chi connectivity index (χ1n) is 7.34. The molecule has 1 aliphatic rings. The Morgan fingerprint density at radius 2 is 1.58 bits per heavy atom. The molecule has 19 heavy (non-hydrogen) atoms. The summed E-state index contributed by atoms with van der Waals surface area (Å²) in [6.07, 6.45) is 6.72. The molecule has 0 heterocycles. The average Bonchev–Trinajstić information content (AvgIpc) is 2.39. The molecule has 2 nitrogen and oxygen atoms in total. The van der Waals surface area contributed by atoms with E-state index in [1.165, 1.54) is 24.8 Å². The van der Waals surface area contributed by atoms with Crippen LogP contribution in [0.2, 0.25) is 0 Å². The van der Waals surface area contributed by atoms with Gasteiger partial charge in [0.25, 0.3) is 0 Å². The topological polar surface area (TPSA) is 44.0 Å². The summed E-state index contributed by atoms with van der Waals surface area (Å²) in [4.78, 5) is 0. The van der Waals surface area contributed by atoms with E-state index in [9.17, 15) is 10.4 Å². The summed E-state index contributed by atoms with van der Waals surface area (Å²) >= 11 is 0. The number of aryl methyl sites for hydroxylation is 1. The number of benzene rings is 1. The molecule has 1 unspecified atom stereocenters. The molecule has 1 aromatic rings. The van der Waals surface area contributed by atoms with E-state index in [0.29, 0.717) is 0 Å². The summed E-state index contributed by atoms with van der Waals surface area (Å²) in [5.74, 6) is 0. The third-order valence-electron chi connectivity index (χ3n) is 4.38. The maximum atomic E-state index is 10.7. The Hall–Kier alpha value is -1.33. The highest BCUT2D eigenvalue weighted by Crippen LogP contribution is 2.43. The zero-order valence-corrected chi connectivity index (χ0v) is 11.7. The highest BCUT2D eigenvalue weighted by atomic mass is 16.3. The van der Waals surface area contributed by atoms with Crippen LogP contribution in [0, 0.1) is 23.7 Å². The quantitative estimate of drug-likeness (QED) is 0.859.